The highest BCUT2D eigenvalue weighted by Crippen LogP contribution is 2.24. The summed E-state index contributed by atoms with van der Waals surface area (Å²) in [7, 11) is 0. The number of hydrogen-bond donors (Lipinski definition) is 5. The molecule has 6 N–H and O–H groups in total. The lowest BCUT2D eigenvalue weighted by Crippen LogP contribution is -2.53. The van der Waals surface area contributed by atoms with Crippen molar-refractivity contribution < 1.29 is 29.5 Å². The van der Waals surface area contributed by atoms with Crippen LogP contribution in [0, 0.1) is 17.3 Å². The van der Waals surface area contributed by atoms with Gasteiger partial charge in [0.05, 0.1) is 11.8 Å². The molecule has 0 aromatic heterocycles. The van der Waals surface area contributed by atoms with Gasteiger partial charge in [-0.05, 0) is 41.0 Å². The van der Waals surface area contributed by atoms with Gasteiger partial charge in [-0.15, -0.1) is 0 Å². The van der Waals surface area contributed by atoms with Crippen molar-refractivity contribution in [1.29, 1.82) is 0 Å². The molecule has 0 aliphatic heterocycles. The van der Waals surface area contributed by atoms with Crippen LogP contribution in [0.2, 0.25) is 0 Å². The Morgan fingerprint density at radius 3 is 2.14 bits per heavy atom. The predicted octanol–water partition coefficient (Wildman–Crippen LogP) is 3.56. The first-order valence-corrected chi connectivity index (χ1v) is 12.7. The van der Waals surface area contributed by atoms with Crippen LogP contribution < -0.4 is 16.5 Å². The van der Waals surface area contributed by atoms with E-state index in [0.717, 1.165) is 42.0 Å². The summed E-state index contributed by atoms with van der Waals surface area (Å²) >= 11 is 0. The number of rotatable bonds is 8. The van der Waals surface area contributed by atoms with Crippen LogP contribution >= 0.6 is 0 Å². The number of carbonyl (C=O) groups excluding carboxylic acids is 3. The van der Waals surface area contributed by atoms with Gasteiger partial charge in [0.2, 0.25) is 17.7 Å². The van der Waals surface area contributed by atoms with E-state index in [1.165, 1.54) is 6.42 Å². The topological polar surface area (TPSA) is 159 Å². The molecule has 1 saturated carbocycles. The van der Waals surface area contributed by atoms with Gasteiger partial charge in [-0.1, -0.05) is 82.5 Å². The standard InChI is InChI=1S/C21H27N3O4.C7H12O2/c1-21(2,3)18(19(22)26)23-20(27)16(12-17(25)24-28)11-13-8-9-14-6-4-5-7-15(14)10-13;8-7(9)6-4-2-1-3-5-6/h4-10,16,18,28H,11-12H2,1-3H3,(H2,22,26)(H,23,27)(H,24,25);6H,1-5H2,(H,8,9). The first kappa shape index (κ1) is 29.8. The lowest BCUT2D eigenvalue weighted by Gasteiger charge is -2.30. The molecule has 2 atom stereocenters. The monoisotopic (exact) mass is 513 g/mol. The molecule has 2 aromatic carbocycles. The van der Waals surface area contributed by atoms with E-state index < -0.39 is 41.1 Å². The summed E-state index contributed by atoms with van der Waals surface area (Å²) in [6.07, 6.45) is 5.30. The fraction of sp³-hybridized carbons (Fsp3) is 0.500. The summed E-state index contributed by atoms with van der Waals surface area (Å²) in [6, 6.07) is 12.8. The van der Waals surface area contributed by atoms with Crippen LogP contribution in [0.4, 0.5) is 0 Å². The number of hydrogen-bond acceptors (Lipinski definition) is 5. The Morgan fingerprint density at radius 1 is 1.00 bits per heavy atom. The first-order chi connectivity index (χ1) is 17.4. The van der Waals surface area contributed by atoms with Gasteiger partial charge in [-0.2, -0.15) is 0 Å². The maximum absolute atomic E-state index is 12.8. The van der Waals surface area contributed by atoms with Crippen molar-refractivity contribution in [3.8, 4) is 0 Å². The van der Waals surface area contributed by atoms with Crippen molar-refractivity contribution >= 4 is 34.5 Å². The number of nitrogens with one attached hydrogen (secondary N) is 2. The molecule has 0 saturated heterocycles. The summed E-state index contributed by atoms with van der Waals surface area (Å²) in [5.74, 6) is -3.18. The zero-order valence-corrected chi connectivity index (χ0v) is 21.8. The van der Waals surface area contributed by atoms with Gasteiger partial charge in [-0.3, -0.25) is 24.4 Å². The fourth-order valence-electron chi connectivity index (χ4n) is 4.50. The molecule has 2 aromatic rings. The number of carboxylic acid groups (broad SMARTS) is 1. The van der Waals surface area contributed by atoms with E-state index in [1.54, 1.807) is 26.3 Å². The van der Waals surface area contributed by atoms with E-state index >= 15 is 0 Å². The van der Waals surface area contributed by atoms with Gasteiger partial charge in [0.25, 0.3) is 0 Å². The Hall–Kier alpha value is -3.46. The van der Waals surface area contributed by atoms with Crippen LogP contribution in [0.1, 0.15) is 64.9 Å². The average Bonchev–Trinajstić information content (AvgIpc) is 2.86. The van der Waals surface area contributed by atoms with Gasteiger partial charge >= 0.3 is 5.97 Å². The Morgan fingerprint density at radius 2 is 1.62 bits per heavy atom. The minimum atomic E-state index is -0.878. The number of nitrogens with two attached hydrogens (primary N) is 1. The van der Waals surface area contributed by atoms with Crippen molar-refractivity contribution in [2.24, 2.45) is 23.0 Å². The second-order valence-electron chi connectivity index (χ2n) is 10.7. The maximum atomic E-state index is 12.8. The molecule has 3 amide bonds. The molecule has 202 valence electrons. The number of carbonyl (C=O) groups is 4. The number of amides is 3. The average molecular weight is 514 g/mol. The van der Waals surface area contributed by atoms with Crippen molar-refractivity contribution in [2.45, 2.75) is 71.8 Å². The molecule has 9 heteroatoms. The van der Waals surface area contributed by atoms with E-state index in [1.807, 2.05) is 42.5 Å². The van der Waals surface area contributed by atoms with Crippen LogP contribution in [-0.4, -0.2) is 40.0 Å². The molecule has 0 heterocycles. The third-order valence-corrected chi connectivity index (χ3v) is 6.61. The highest BCUT2D eigenvalue weighted by Gasteiger charge is 2.33. The van der Waals surface area contributed by atoms with E-state index in [9.17, 15) is 19.2 Å². The number of primary amides is 1. The molecule has 37 heavy (non-hydrogen) atoms. The lowest BCUT2D eigenvalue weighted by atomic mass is 9.85. The molecule has 2 unspecified atom stereocenters. The fourth-order valence-corrected chi connectivity index (χ4v) is 4.50. The first-order valence-electron chi connectivity index (χ1n) is 12.7. The zero-order valence-electron chi connectivity index (χ0n) is 21.8. The van der Waals surface area contributed by atoms with E-state index in [4.69, 9.17) is 16.0 Å². The minimum absolute atomic E-state index is 0.0289. The zero-order chi connectivity index (χ0) is 27.6. The second kappa shape index (κ2) is 13.7. The molecular weight excluding hydrogens is 474 g/mol. The SMILES string of the molecule is CC(C)(C)C(NC(=O)C(CC(=O)NO)Cc1ccc2ccccc2c1)C(N)=O.O=C(O)C1CCCCC1. The third-order valence-electron chi connectivity index (χ3n) is 6.61. The van der Waals surface area contributed by atoms with Gasteiger partial charge in [0.15, 0.2) is 0 Å². The van der Waals surface area contributed by atoms with Crippen molar-refractivity contribution in [3.05, 3.63) is 48.0 Å². The second-order valence-corrected chi connectivity index (χ2v) is 10.7. The predicted molar refractivity (Wildman–Crippen MR) is 140 cm³/mol. The maximum Gasteiger partial charge on any atom is 0.306 e. The number of fused-ring (bicyclic) bond motifs is 1. The Kier molecular flexibility index (Phi) is 11.1. The van der Waals surface area contributed by atoms with Gasteiger partial charge in [-0.25, -0.2) is 5.48 Å². The molecular formula is C28H39N3O6. The molecule has 0 bridgehead atoms. The molecule has 1 fully saturated rings. The van der Waals surface area contributed by atoms with Crippen LogP contribution in [-0.2, 0) is 25.6 Å². The van der Waals surface area contributed by atoms with E-state index in [0.29, 0.717) is 0 Å². The highest BCUT2D eigenvalue weighted by atomic mass is 16.5. The van der Waals surface area contributed by atoms with Crippen molar-refractivity contribution in [1.82, 2.24) is 10.8 Å². The van der Waals surface area contributed by atoms with Gasteiger partial charge in [0, 0.05) is 6.42 Å². The Balaban J connectivity index is 0.000000449. The van der Waals surface area contributed by atoms with Crippen LogP contribution in [0.15, 0.2) is 42.5 Å². The van der Waals surface area contributed by atoms with Gasteiger partial charge < -0.3 is 16.2 Å². The molecule has 0 spiro atoms. The summed E-state index contributed by atoms with van der Waals surface area (Å²) in [5, 5.41) is 22.2. The quantitative estimate of drug-likeness (QED) is 0.268. The van der Waals surface area contributed by atoms with E-state index in [-0.39, 0.29) is 18.8 Å². The van der Waals surface area contributed by atoms with Gasteiger partial charge in [0.1, 0.15) is 6.04 Å². The van der Waals surface area contributed by atoms with Crippen LogP contribution in [0.3, 0.4) is 0 Å². The summed E-state index contributed by atoms with van der Waals surface area (Å²) in [6.45, 7) is 5.38. The Labute approximate surface area is 217 Å². The number of carboxylic acids is 1. The molecule has 9 nitrogen and oxygen atoms in total. The van der Waals surface area contributed by atoms with Crippen LogP contribution in [0.25, 0.3) is 10.8 Å². The van der Waals surface area contributed by atoms with Crippen molar-refractivity contribution in [2.75, 3.05) is 0 Å². The summed E-state index contributed by atoms with van der Waals surface area (Å²) in [5.41, 5.74) is 7.30. The number of benzene rings is 2. The Bertz CT molecular complexity index is 1090. The smallest absolute Gasteiger partial charge is 0.306 e. The normalized spacial score (nSPS) is 15.6. The minimum Gasteiger partial charge on any atom is -0.481 e. The summed E-state index contributed by atoms with van der Waals surface area (Å²) in [4.78, 5) is 46.7. The molecule has 1 aliphatic rings. The molecule has 1 aliphatic carbocycles. The van der Waals surface area contributed by atoms with E-state index in [2.05, 4.69) is 5.32 Å². The third kappa shape index (κ3) is 9.49. The lowest BCUT2D eigenvalue weighted by molar-refractivity contribution is -0.142. The van der Waals surface area contributed by atoms with Crippen LogP contribution in [0.5, 0.6) is 0 Å². The summed E-state index contributed by atoms with van der Waals surface area (Å²) < 4.78 is 0. The molecule has 3 rings (SSSR count). The number of hydroxylamine groups is 1. The molecule has 0 radical (unpaired) electrons. The van der Waals surface area contributed by atoms with Crippen molar-refractivity contribution in [3.63, 3.8) is 0 Å². The highest BCUT2D eigenvalue weighted by molar-refractivity contribution is 5.90. The largest absolute Gasteiger partial charge is 0.481 e. The number of aliphatic carboxylic acids is 1.